The van der Waals surface area contributed by atoms with E-state index in [9.17, 15) is 0 Å². The van der Waals surface area contributed by atoms with Gasteiger partial charge in [0.05, 0.1) is 0 Å². The van der Waals surface area contributed by atoms with Gasteiger partial charge in [-0.15, -0.1) is 12.4 Å². The van der Waals surface area contributed by atoms with Crippen LogP contribution in [0.15, 0.2) is 54.6 Å². The van der Waals surface area contributed by atoms with Crippen LogP contribution >= 0.6 is 12.4 Å². The molecule has 1 unspecified atom stereocenters. The molecule has 2 nitrogen and oxygen atoms in total. The summed E-state index contributed by atoms with van der Waals surface area (Å²) in [5, 5.41) is 0. The first kappa shape index (κ1) is 15.5. The van der Waals surface area contributed by atoms with E-state index < -0.39 is 0 Å². The first-order chi connectivity index (χ1) is 8.79. The van der Waals surface area contributed by atoms with Crippen LogP contribution < -0.4 is 10.5 Å². The molecule has 0 fully saturated rings. The summed E-state index contributed by atoms with van der Waals surface area (Å²) >= 11 is 0. The molecule has 2 N–H and O–H groups in total. The lowest BCUT2D eigenvalue weighted by Gasteiger charge is -2.11. The van der Waals surface area contributed by atoms with E-state index in [1.165, 1.54) is 0 Å². The molecule has 1 atom stereocenters. The van der Waals surface area contributed by atoms with Crippen molar-refractivity contribution in [2.24, 2.45) is 5.73 Å². The van der Waals surface area contributed by atoms with Crippen molar-refractivity contribution in [3.63, 3.8) is 0 Å². The van der Waals surface area contributed by atoms with Crippen LogP contribution in [-0.4, -0.2) is 0 Å². The zero-order valence-corrected chi connectivity index (χ0v) is 11.9. The summed E-state index contributed by atoms with van der Waals surface area (Å²) in [6.45, 7) is 2.15. The Bertz CT molecular complexity index is 470. The number of hydrogen-bond donors (Lipinski definition) is 1. The molecule has 0 bridgehead atoms. The maximum atomic E-state index is 6.07. The number of rotatable bonds is 5. The fourth-order valence-corrected chi connectivity index (χ4v) is 1.89. The van der Waals surface area contributed by atoms with E-state index >= 15 is 0 Å². The van der Waals surface area contributed by atoms with Crippen LogP contribution in [0.2, 0.25) is 0 Å². The minimum Gasteiger partial charge on any atom is -0.457 e. The Morgan fingerprint density at radius 1 is 0.947 bits per heavy atom. The molecule has 19 heavy (non-hydrogen) atoms. The Labute approximate surface area is 121 Å². The van der Waals surface area contributed by atoms with Crippen LogP contribution in [0.3, 0.4) is 0 Å². The minimum atomic E-state index is 0. The second-order valence-electron chi connectivity index (χ2n) is 4.38. The van der Waals surface area contributed by atoms with Gasteiger partial charge >= 0.3 is 0 Å². The van der Waals surface area contributed by atoms with Crippen molar-refractivity contribution in [1.82, 2.24) is 0 Å². The van der Waals surface area contributed by atoms with Gasteiger partial charge in [-0.05, 0) is 36.2 Å². The number of hydrogen-bond acceptors (Lipinski definition) is 2. The summed E-state index contributed by atoms with van der Waals surface area (Å²) in [6.07, 6.45) is 2.11. The molecule has 0 aromatic heterocycles. The maximum absolute atomic E-state index is 6.07. The molecule has 0 amide bonds. The Balaban J connectivity index is 0.00000180. The lowest BCUT2D eigenvalue weighted by atomic mass is 10.0. The van der Waals surface area contributed by atoms with Crippen LogP contribution in [0.4, 0.5) is 0 Å². The first-order valence-corrected chi connectivity index (χ1v) is 6.38. The van der Waals surface area contributed by atoms with Gasteiger partial charge in [0.2, 0.25) is 0 Å². The average Bonchev–Trinajstić information content (AvgIpc) is 2.41. The fourth-order valence-electron chi connectivity index (χ4n) is 1.89. The molecule has 2 rings (SSSR count). The maximum Gasteiger partial charge on any atom is 0.127 e. The topological polar surface area (TPSA) is 35.2 Å². The number of benzene rings is 2. The summed E-state index contributed by atoms with van der Waals surface area (Å²) in [7, 11) is 0. The molecule has 2 aromatic rings. The Kier molecular flexibility index (Phi) is 6.40. The molecule has 0 saturated heterocycles. The SMILES string of the molecule is CCCC(N)c1ccc(Oc2ccccc2)cc1.Cl. The van der Waals surface area contributed by atoms with E-state index in [0.717, 1.165) is 29.9 Å². The zero-order valence-electron chi connectivity index (χ0n) is 11.1. The summed E-state index contributed by atoms with van der Waals surface area (Å²) in [6, 6.07) is 17.9. The number of halogens is 1. The van der Waals surface area contributed by atoms with Crippen LogP contribution in [0.25, 0.3) is 0 Å². The Morgan fingerprint density at radius 3 is 2.11 bits per heavy atom. The van der Waals surface area contributed by atoms with Gasteiger partial charge in [-0.2, -0.15) is 0 Å². The van der Waals surface area contributed by atoms with Crippen molar-refractivity contribution in [2.75, 3.05) is 0 Å². The van der Waals surface area contributed by atoms with E-state index in [2.05, 4.69) is 6.92 Å². The zero-order chi connectivity index (χ0) is 12.8. The van der Waals surface area contributed by atoms with Gasteiger partial charge < -0.3 is 10.5 Å². The van der Waals surface area contributed by atoms with Gasteiger partial charge in [0.15, 0.2) is 0 Å². The number of ether oxygens (including phenoxy) is 1. The molecule has 0 saturated carbocycles. The summed E-state index contributed by atoms with van der Waals surface area (Å²) in [5.74, 6) is 1.69. The summed E-state index contributed by atoms with van der Waals surface area (Å²) < 4.78 is 5.73. The Morgan fingerprint density at radius 2 is 1.53 bits per heavy atom. The van der Waals surface area contributed by atoms with Crippen molar-refractivity contribution in [3.8, 4) is 11.5 Å². The molecular weight excluding hydrogens is 258 g/mol. The van der Waals surface area contributed by atoms with Crippen molar-refractivity contribution in [2.45, 2.75) is 25.8 Å². The molecule has 102 valence electrons. The molecule has 0 aliphatic rings. The molecule has 0 aliphatic carbocycles. The van der Waals surface area contributed by atoms with E-state index in [4.69, 9.17) is 10.5 Å². The molecule has 0 radical (unpaired) electrons. The van der Waals surface area contributed by atoms with Gasteiger partial charge in [0.25, 0.3) is 0 Å². The third-order valence-corrected chi connectivity index (χ3v) is 2.89. The van der Waals surface area contributed by atoms with Crippen molar-refractivity contribution >= 4 is 12.4 Å². The van der Waals surface area contributed by atoms with Crippen LogP contribution in [-0.2, 0) is 0 Å². The van der Waals surface area contributed by atoms with Crippen LogP contribution in [0.1, 0.15) is 31.4 Å². The lowest BCUT2D eigenvalue weighted by Crippen LogP contribution is -2.09. The number of nitrogens with two attached hydrogens (primary N) is 1. The Hall–Kier alpha value is -1.51. The molecule has 3 heteroatoms. The molecule has 0 heterocycles. The highest BCUT2D eigenvalue weighted by atomic mass is 35.5. The van der Waals surface area contributed by atoms with Gasteiger partial charge in [0, 0.05) is 6.04 Å². The number of para-hydroxylation sites is 1. The van der Waals surface area contributed by atoms with Gasteiger partial charge in [-0.3, -0.25) is 0 Å². The van der Waals surface area contributed by atoms with Gasteiger partial charge in [-0.1, -0.05) is 43.7 Å². The van der Waals surface area contributed by atoms with Crippen molar-refractivity contribution < 1.29 is 4.74 Å². The predicted molar refractivity (Wildman–Crippen MR) is 82.0 cm³/mol. The molecule has 0 aliphatic heterocycles. The lowest BCUT2D eigenvalue weighted by molar-refractivity contribution is 0.482. The highest BCUT2D eigenvalue weighted by molar-refractivity contribution is 5.85. The highest BCUT2D eigenvalue weighted by Crippen LogP contribution is 2.23. The quantitative estimate of drug-likeness (QED) is 0.860. The third-order valence-electron chi connectivity index (χ3n) is 2.89. The van der Waals surface area contributed by atoms with E-state index in [1.54, 1.807) is 0 Å². The molecule has 0 spiro atoms. The fraction of sp³-hybridized carbons (Fsp3) is 0.250. The molecule has 2 aromatic carbocycles. The van der Waals surface area contributed by atoms with Crippen molar-refractivity contribution in [1.29, 1.82) is 0 Å². The smallest absolute Gasteiger partial charge is 0.127 e. The summed E-state index contributed by atoms with van der Waals surface area (Å²) in [4.78, 5) is 0. The monoisotopic (exact) mass is 277 g/mol. The van der Waals surface area contributed by atoms with E-state index in [1.807, 2.05) is 54.6 Å². The van der Waals surface area contributed by atoms with Gasteiger partial charge in [0.1, 0.15) is 11.5 Å². The van der Waals surface area contributed by atoms with Gasteiger partial charge in [-0.25, -0.2) is 0 Å². The van der Waals surface area contributed by atoms with Crippen LogP contribution in [0.5, 0.6) is 11.5 Å². The largest absolute Gasteiger partial charge is 0.457 e. The normalized spacial score (nSPS) is 11.5. The average molecular weight is 278 g/mol. The van der Waals surface area contributed by atoms with E-state index in [-0.39, 0.29) is 18.4 Å². The minimum absolute atomic E-state index is 0. The van der Waals surface area contributed by atoms with E-state index in [0.29, 0.717) is 0 Å². The first-order valence-electron chi connectivity index (χ1n) is 6.38. The second-order valence-corrected chi connectivity index (χ2v) is 4.38. The highest BCUT2D eigenvalue weighted by Gasteiger charge is 2.04. The standard InChI is InChI=1S/C16H19NO.ClH/c1-2-6-16(17)13-9-11-15(12-10-13)18-14-7-4-3-5-8-14;/h3-5,7-12,16H,2,6,17H2,1H3;1H. The summed E-state index contributed by atoms with van der Waals surface area (Å²) in [5.41, 5.74) is 7.23. The third kappa shape index (κ3) is 4.58. The van der Waals surface area contributed by atoms with Crippen molar-refractivity contribution in [3.05, 3.63) is 60.2 Å². The molecular formula is C16H20ClNO. The predicted octanol–water partition coefficient (Wildman–Crippen LogP) is 4.70. The second kappa shape index (κ2) is 7.82. The van der Waals surface area contributed by atoms with Crippen LogP contribution in [0, 0.1) is 0 Å².